The van der Waals surface area contributed by atoms with E-state index in [0.29, 0.717) is 0 Å². The van der Waals surface area contributed by atoms with Gasteiger partial charge in [-0.25, -0.2) is 0 Å². The molecular formula is C69H58N2. The second-order valence-electron chi connectivity index (χ2n) is 22.6. The molecule has 0 atom stereocenters. The van der Waals surface area contributed by atoms with Gasteiger partial charge in [0.2, 0.25) is 0 Å². The molecule has 0 unspecified atom stereocenters. The fourth-order valence-electron chi connectivity index (χ4n) is 13.6. The minimum atomic E-state index is -0.250. The molecule has 0 bridgehead atoms. The first-order valence-electron chi connectivity index (χ1n) is 25.6. The summed E-state index contributed by atoms with van der Waals surface area (Å²) >= 11 is 0. The first kappa shape index (κ1) is 42.2. The van der Waals surface area contributed by atoms with E-state index >= 15 is 0 Å². The predicted molar refractivity (Wildman–Crippen MR) is 301 cm³/mol. The minimum absolute atomic E-state index is 0.217. The average Bonchev–Trinajstić information content (AvgIpc) is 4.04. The Balaban J connectivity index is 0.949. The van der Waals surface area contributed by atoms with Gasteiger partial charge in [0.15, 0.2) is 0 Å². The summed E-state index contributed by atoms with van der Waals surface area (Å²) in [5.41, 5.74) is 30.1. The molecule has 0 aliphatic heterocycles. The van der Waals surface area contributed by atoms with Crippen LogP contribution in [0.5, 0.6) is 0 Å². The Morgan fingerprint density at radius 2 is 0.648 bits per heavy atom. The number of aryl methyl sites for hydroxylation is 3. The number of benzene rings is 10. The quantitative estimate of drug-likeness (QED) is 0.164. The first-order valence-corrected chi connectivity index (χ1v) is 25.6. The normalized spacial score (nSPS) is 15.4. The maximum Gasteiger partial charge on any atom is 0.0543 e. The summed E-state index contributed by atoms with van der Waals surface area (Å²) < 4.78 is 0. The van der Waals surface area contributed by atoms with Crippen molar-refractivity contribution < 1.29 is 0 Å². The lowest BCUT2D eigenvalue weighted by Gasteiger charge is -2.31. The van der Waals surface area contributed by atoms with Gasteiger partial charge in [-0.15, -0.1) is 0 Å². The van der Waals surface area contributed by atoms with Gasteiger partial charge >= 0.3 is 0 Å². The number of hydrogen-bond acceptors (Lipinski definition) is 2. The van der Waals surface area contributed by atoms with Crippen LogP contribution in [0.1, 0.15) is 103 Å². The standard InChI is InChI=1S/C69H58N2/c1-40-21-10-17-29-59(40)70(60-30-18-11-22-41(60)2)63-38-57-65(46-27-15-13-25-44(46)63)51-36-53-49(34-55(51)68(57,6)7)50-35-56-52(37-54(50)67(53,4)5)66-47-28-16-14-26-45(47)64(39-58(66)69(56,8)9)71(61-31-19-12-23-42(61)3)62-32-20-24-43-33-48(43)62/h10-32,34-39H,33H2,1-9H3. The van der Waals surface area contributed by atoms with Crippen molar-refractivity contribution in [3.05, 3.63) is 237 Å². The zero-order valence-electron chi connectivity index (χ0n) is 42.3. The molecule has 0 saturated carbocycles. The molecule has 0 aromatic heterocycles. The second-order valence-corrected chi connectivity index (χ2v) is 22.6. The van der Waals surface area contributed by atoms with Gasteiger partial charge in [-0.1, -0.05) is 157 Å². The van der Waals surface area contributed by atoms with E-state index in [1.54, 1.807) is 0 Å². The van der Waals surface area contributed by atoms with E-state index in [2.05, 4.69) is 248 Å². The van der Waals surface area contributed by atoms with Crippen molar-refractivity contribution >= 4 is 55.7 Å². The van der Waals surface area contributed by atoms with Crippen molar-refractivity contribution in [2.75, 3.05) is 9.80 Å². The zero-order valence-corrected chi connectivity index (χ0v) is 42.3. The van der Waals surface area contributed by atoms with Crippen LogP contribution in [0.25, 0.3) is 54.9 Å². The van der Waals surface area contributed by atoms with Crippen LogP contribution in [0, 0.1) is 20.8 Å². The Morgan fingerprint density at radius 1 is 0.310 bits per heavy atom. The van der Waals surface area contributed by atoms with Crippen LogP contribution in [0.3, 0.4) is 0 Å². The molecule has 2 nitrogen and oxygen atoms in total. The lowest BCUT2D eigenvalue weighted by molar-refractivity contribution is 0.649. The molecule has 4 aliphatic rings. The zero-order chi connectivity index (χ0) is 48.5. The lowest BCUT2D eigenvalue weighted by atomic mass is 9.78. The Kier molecular flexibility index (Phi) is 8.60. The maximum absolute atomic E-state index is 2.61. The average molecular weight is 915 g/mol. The molecule has 14 rings (SSSR count). The number of anilines is 6. The summed E-state index contributed by atoms with van der Waals surface area (Å²) in [5.74, 6) is 0. The van der Waals surface area contributed by atoms with Crippen molar-refractivity contribution in [3.8, 4) is 33.4 Å². The van der Waals surface area contributed by atoms with E-state index in [4.69, 9.17) is 0 Å². The van der Waals surface area contributed by atoms with Gasteiger partial charge in [0.25, 0.3) is 0 Å². The molecular weight excluding hydrogens is 857 g/mol. The summed E-state index contributed by atoms with van der Waals surface area (Å²) in [6.07, 6.45) is 1.05. The van der Waals surface area contributed by atoms with Crippen LogP contribution in [-0.4, -0.2) is 0 Å². The summed E-state index contributed by atoms with van der Waals surface area (Å²) in [4.78, 5) is 5.08. The lowest BCUT2D eigenvalue weighted by Crippen LogP contribution is -2.18. The number of hydrogen-bond donors (Lipinski definition) is 0. The molecule has 0 spiro atoms. The van der Waals surface area contributed by atoms with Crippen molar-refractivity contribution in [1.82, 2.24) is 0 Å². The molecule has 0 N–H and O–H groups in total. The molecule has 0 heterocycles. The monoisotopic (exact) mass is 914 g/mol. The van der Waals surface area contributed by atoms with E-state index in [-0.39, 0.29) is 16.2 Å². The van der Waals surface area contributed by atoms with Crippen LogP contribution in [0.15, 0.2) is 176 Å². The third kappa shape index (κ3) is 5.71. The molecule has 0 saturated heterocycles. The highest BCUT2D eigenvalue weighted by Crippen LogP contribution is 2.62. The summed E-state index contributed by atoms with van der Waals surface area (Å²) in [5, 5.41) is 5.18. The molecule has 0 fully saturated rings. The van der Waals surface area contributed by atoms with Crippen LogP contribution < -0.4 is 9.80 Å². The fraction of sp³-hybridized carbons (Fsp3) is 0.188. The topological polar surface area (TPSA) is 6.48 Å². The maximum atomic E-state index is 2.61. The first-order chi connectivity index (χ1) is 34.2. The van der Waals surface area contributed by atoms with Crippen LogP contribution in [-0.2, 0) is 22.7 Å². The summed E-state index contributed by atoms with van der Waals surface area (Å²) in [7, 11) is 0. The van der Waals surface area contributed by atoms with E-state index in [9.17, 15) is 0 Å². The Hall–Kier alpha value is -7.68. The van der Waals surface area contributed by atoms with Gasteiger partial charge in [0, 0.05) is 56.2 Å². The van der Waals surface area contributed by atoms with Gasteiger partial charge in [0.05, 0.1) is 11.4 Å². The van der Waals surface area contributed by atoms with E-state index in [1.807, 2.05) is 0 Å². The molecule has 344 valence electrons. The summed E-state index contributed by atoms with van der Waals surface area (Å²) in [6, 6.07) is 67.3. The van der Waals surface area contributed by atoms with Crippen LogP contribution in [0.2, 0.25) is 0 Å². The largest absolute Gasteiger partial charge is 0.309 e. The Morgan fingerprint density at radius 3 is 1.08 bits per heavy atom. The third-order valence-electron chi connectivity index (χ3n) is 17.5. The highest BCUT2D eigenvalue weighted by atomic mass is 15.2. The highest BCUT2D eigenvalue weighted by Gasteiger charge is 2.46. The van der Waals surface area contributed by atoms with Crippen molar-refractivity contribution in [2.24, 2.45) is 0 Å². The van der Waals surface area contributed by atoms with Gasteiger partial charge < -0.3 is 9.80 Å². The van der Waals surface area contributed by atoms with Crippen molar-refractivity contribution in [1.29, 1.82) is 0 Å². The van der Waals surface area contributed by atoms with Crippen LogP contribution >= 0.6 is 0 Å². The minimum Gasteiger partial charge on any atom is -0.309 e. The highest BCUT2D eigenvalue weighted by molar-refractivity contribution is 6.13. The van der Waals surface area contributed by atoms with Gasteiger partial charge in [-0.2, -0.15) is 0 Å². The Bertz CT molecular complexity index is 3700. The predicted octanol–water partition coefficient (Wildman–Crippen LogP) is 18.7. The molecule has 10 aromatic rings. The molecule has 0 radical (unpaired) electrons. The number of rotatable bonds is 6. The van der Waals surface area contributed by atoms with Crippen molar-refractivity contribution in [3.63, 3.8) is 0 Å². The number of para-hydroxylation sites is 3. The second kappa shape index (κ2) is 14.5. The molecule has 10 aromatic carbocycles. The van der Waals surface area contributed by atoms with Gasteiger partial charge in [0.1, 0.15) is 0 Å². The van der Waals surface area contributed by atoms with E-state index in [0.717, 1.165) is 6.42 Å². The number of fused-ring (bicyclic) bond motifs is 14. The SMILES string of the molecule is Cc1ccccc1N(c1ccccc1C)c1cc2c(c3ccccc13)-c1cc3c(cc1C2(C)C)-c1cc2c(cc1C3(C)C)-c1c(cc(N(c3ccccc3C)c3cccc4c3C4)c3ccccc13)C2(C)C. The van der Waals surface area contributed by atoms with Crippen molar-refractivity contribution in [2.45, 2.75) is 85.0 Å². The van der Waals surface area contributed by atoms with E-state index in [1.165, 1.54) is 150 Å². The Labute approximate surface area is 418 Å². The number of nitrogens with zero attached hydrogens (tertiary/aromatic N) is 2. The van der Waals surface area contributed by atoms with Gasteiger partial charge in [-0.3, -0.25) is 0 Å². The molecule has 71 heavy (non-hydrogen) atoms. The van der Waals surface area contributed by atoms with Crippen LogP contribution in [0.4, 0.5) is 34.1 Å². The summed E-state index contributed by atoms with van der Waals surface area (Å²) in [6.45, 7) is 21.5. The van der Waals surface area contributed by atoms with E-state index < -0.39 is 0 Å². The molecule has 4 aliphatic carbocycles. The molecule has 2 heteroatoms. The smallest absolute Gasteiger partial charge is 0.0543 e. The third-order valence-corrected chi connectivity index (χ3v) is 17.5. The molecule has 0 amide bonds. The fourth-order valence-corrected chi connectivity index (χ4v) is 13.6. The van der Waals surface area contributed by atoms with Gasteiger partial charge in [-0.05, 0) is 187 Å².